The minimum atomic E-state index is 0. The second-order valence-corrected chi connectivity index (χ2v) is 9.65. The molecule has 0 bridgehead atoms. The zero-order valence-corrected chi connectivity index (χ0v) is 16.2. The van der Waals surface area contributed by atoms with Crippen LogP contribution in [0, 0.1) is 0 Å². The van der Waals surface area contributed by atoms with Crippen LogP contribution in [0.2, 0.25) is 0 Å². The van der Waals surface area contributed by atoms with Gasteiger partial charge in [-0.2, -0.15) is 47.0 Å². The standard InChI is InChI=1S/C14H30N2S4.8CH4/c1-3-15-13-16(2)14-11-19-9-7-17-5-4-6-18-8-10-20-12-14;;;;;;;;/h14-15H,3-13H2,1-2H3;8*1H4. The summed E-state index contributed by atoms with van der Waals surface area (Å²) in [5.74, 6) is 10.5. The van der Waals surface area contributed by atoms with Crippen molar-refractivity contribution >= 4 is 47.0 Å². The van der Waals surface area contributed by atoms with E-state index in [2.05, 4.69) is 71.2 Å². The second-order valence-electron chi connectivity index (χ2n) is 4.90. The van der Waals surface area contributed by atoms with Crippen LogP contribution in [0.5, 0.6) is 0 Å². The lowest BCUT2D eigenvalue weighted by Crippen LogP contribution is -2.42. The van der Waals surface area contributed by atoms with Crippen LogP contribution in [-0.4, -0.2) is 77.2 Å². The van der Waals surface area contributed by atoms with Crippen LogP contribution < -0.4 is 5.32 Å². The highest BCUT2D eigenvalue weighted by Gasteiger charge is 2.14. The van der Waals surface area contributed by atoms with Gasteiger partial charge in [-0.15, -0.1) is 0 Å². The predicted molar refractivity (Wildman–Crippen MR) is 158 cm³/mol. The molecule has 1 aliphatic heterocycles. The molecule has 28 heavy (non-hydrogen) atoms. The van der Waals surface area contributed by atoms with Crippen LogP contribution in [0.25, 0.3) is 0 Å². The van der Waals surface area contributed by atoms with E-state index in [1.54, 1.807) is 0 Å². The van der Waals surface area contributed by atoms with Crippen molar-refractivity contribution in [2.75, 3.05) is 66.3 Å². The maximum atomic E-state index is 3.45. The normalized spacial score (nSPS) is 15.5. The van der Waals surface area contributed by atoms with E-state index < -0.39 is 0 Å². The fourth-order valence-corrected chi connectivity index (χ4v) is 6.81. The number of rotatable bonds is 4. The van der Waals surface area contributed by atoms with Crippen LogP contribution >= 0.6 is 47.0 Å². The van der Waals surface area contributed by atoms with Gasteiger partial charge in [0.25, 0.3) is 0 Å². The SMILES string of the molecule is C.C.C.C.C.C.C.C.CCNCN(C)C1CSCCSCCCSCCSC1. The molecule has 0 amide bonds. The highest BCUT2D eigenvalue weighted by Crippen LogP contribution is 2.18. The van der Waals surface area contributed by atoms with Crippen molar-refractivity contribution in [3.05, 3.63) is 0 Å². The van der Waals surface area contributed by atoms with Crippen molar-refractivity contribution in [2.45, 2.75) is 78.8 Å². The van der Waals surface area contributed by atoms with Gasteiger partial charge < -0.3 is 5.32 Å². The van der Waals surface area contributed by atoms with E-state index in [1.807, 2.05) is 0 Å². The molecule has 2 nitrogen and oxygen atoms in total. The summed E-state index contributed by atoms with van der Waals surface area (Å²) in [6.07, 6.45) is 1.39. The van der Waals surface area contributed by atoms with Gasteiger partial charge in [-0.3, -0.25) is 4.90 Å². The van der Waals surface area contributed by atoms with Crippen molar-refractivity contribution in [1.82, 2.24) is 10.2 Å². The number of hydrogen-bond acceptors (Lipinski definition) is 6. The van der Waals surface area contributed by atoms with E-state index in [4.69, 9.17) is 0 Å². The van der Waals surface area contributed by atoms with E-state index in [-0.39, 0.29) is 59.4 Å². The van der Waals surface area contributed by atoms with Gasteiger partial charge in [0.1, 0.15) is 0 Å². The van der Waals surface area contributed by atoms with Crippen LogP contribution in [0.3, 0.4) is 0 Å². The molecule has 0 radical (unpaired) electrons. The molecule has 1 rings (SSSR count). The Morgan fingerprint density at radius 2 is 1.07 bits per heavy atom. The summed E-state index contributed by atoms with van der Waals surface area (Å²) in [7, 11) is 2.26. The third-order valence-electron chi connectivity index (χ3n) is 3.18. The average molecular weight is 483 g/mol. The second kappa shape index (κ2) is 38.9. The van der Waals surface area contributed by atoms with Crippen LogP contribution in [0.1, 0.15) is 72.8 Å². The molecule has 0 aliphatic carbocycles. The molecule has 0 atom stereocenters. The molecule has 0 aromatic carbocycles. The number of thioether (sulfide) groups is 4. The summed E-state index contributed by atoms with van der Waals surface area (Å²) in [4.78, 5) is 2.50. The molecule has 1 fully saturated rings. The Labute approximate surface area is 201 Å². The van der Waals surface area contributed by atoms with E-state index in [1.165, 1.54) is 52.4 Å². The van der Waals surface area contributed by atoms with Gasteiger partial charge in [-0.25, -0.2) is 0 Å². The van der Waals surface area contributed by atoms with Crippen LogP contribution in [0.4, 0.5) is 0 Å². The van der Waals surface area contributed by atoms with E-state index >= 15 is 0 Å². The summed E-state index contributed by atoms with van der Waals surface area (Å²) in [6.45, 7) is 4.26. The molecule has 1 heterocycles. The van der Waals surface area contributed by atoms with E-state index in [9.17, 15) is 0 Å². The summed E-state index contributed by atoms with van der Waals surface area (Å²) in [5.41, 5.74) is 0. The minimum Gasteiger partial charge on any atom is -0.305 e. The Kier molecular flexibility index (Phi) is 71.8. The van der Waals surface area contributed by atoms with Gasteiger partial charge in [0.15, 0.2) is 0 Å². The lowest BCUT2D eigenvalue weighted by Gasteiger charge is -2.28. The topological polar surface area (TPSA) is 15.3 Å². The van der Waals surface area contributed by atoms with Gasteiger partial charge in [-0.1, -0.05) is 66.3 Å². The first kappa shape index (κ1) is 51.7. The summed E-state index contributed by atoms with van der Waals surface area (Å²) in [6, 6.07) is 0.710. The molecule has 1 saturated heterocycles. The molecule has 0 spiro atoms. The molecular weight excluding hydrogens is 421 g/mol. The molecule has 184 valence electrons. The Morgan fingerprint density at radius 1 is 0.679 bits per heavy atom. The smallest absolute Gasteiger partial charge is 0.0480 e. The predicted octanol–water partition coefficient (Wildman–Crippen LogP) is 8.28. The van der Waals surface area contributed by atoms with E-state index in [0.29, 0.717) is 6.04 Å². The van der Waals surface area contributed by atoms with Crippen molar-refractivity contribution in [3.63, 3.8) is 0 Å². The number of nitrogens with zero attached hydrogens (tertiary/aromatic N) is 1. The summed E-state index contributed by atoms with van der Waals surface area (Å²) in [5, 5.41) is 3.45. The van der Waals surface area contributed by atoms with Crippen molar-refractivity contribution < 1.29 is 0 Å². The van der Waals surface area contributed by atoms with Crippen LogP contribution in [0.15, 0.2) is 0 Å². The Balaban J connectivity index is -0.0000000833. The molecular formula is C22H62N2S4. The highest BCUT2D eigenvalue weighted by molar-refractivity contribution is 8.04. The zero-order valence-electron chi connectivity index (χ0n) is 12.9. The Bertz CT molecular complexity index is 209. The maximum absolute atomic E-state index is 3.45. The van der Waals surface area contributed by atoms with Crippen molar-refractivity contribution in [3.8, 4) is 0 Å². The molecule has 6 heteroatoms. The largest absolute Gasteiger partial charge is 0.305 e. The van der Waals surface area contributed by atoms with Gasteiger partial charge in [-0.05, 0) is 31.5 Å². The van der Waals surface area contributed by atoms with Gasteiger partial charge >= 0.3 is 0 Å². The molecule has 0 saturated carbocycles. The van der Waals surface area contributed by atoms with Gasteiger partial charge in [0, 0.05) is 47.2 Å². The van der Waals surface area contributed by atoms with Crippen molar-refractivity contribution in [2.24, 2.45) is 0 Å². The van der Waals surface area contributed by atoms with Gasteiger partial charge in [0.2, 0.25) is 0 Å². The third kappa shape index (κ3) is 29.5. The van der Waals surface area contributed by atoms with E-state index in [0.717, 1.165) is 13.2 Å². The molecule has 1 aliphatic rings. The maximum Gasteiger partial charge on any atom is 0.0480 e. The third-order valence-corrected chi connectivity index (χ3v) is 8.06. The fraction of sp³-hybridized carbons (Fsp3) is 1.00. The van der Waals surface area contributed by atoms with Crippen molar-refractivity contribution in [1.29, 1.82) is 0 Å². The first-order valence-electron chi connectivity index (χ1n) is 7.56. The highest BCUT2D eigenvalue weighted by atomic mass is 32.2. The molecule has 0 aromatic rings. The lowest BCUT2D eigenvalue weighted by atomic mass is 10.3. The first-order valence-corrected chi connectivity index (χ1v) is 12.2. The minimum absolute atomic E-state index is 0. The average Bonchev–Trinajstić information content (AvgIpc) is 2.47. The Hall–Kier alpha value is 1.32. The Morgan fingerprint density at radius 3 is 1.46 bits per heavy atom. The summed E-state index contributed by atoms with van der Waals surface area (Å²) < 4.78 is 0. The van der Waals surface area contributed by atoms with Crippen LogP contribution in [-0.2, 0) is 0 Å². The molecule has 1 N–H and O–H groups in total. The lowest BCUT2D eigenvalue weighted by molar-refractivity contribution is 0.262. The zero-order chi connectivity index (χ0) is 14.5. The number of hydrogen-bond donors (Lipinski definition) is 1. The number of nitrogens with one attached hydrogen (secondary N) is 1. The fourth-order valence-electron chi connectivity index (χ4n) is 1.86. The molecule has 0 unspecified atom stereocenters. The summed E-state index contributed by atoms with van der Waals surface area (Å²) >= 11 is 8.56. The molecule has 0 aromatic heterocycles. The quantitative estimate of drug-likeness (QED) is 0.402. The first-order chi connectivity index (χ1) is 9.84. The monoisotopic (exact) mass is 482 g/mol. The van der Waals surface area contributed by atoms with Gasteiger partial charge in [0.05, 0.1) is 0 Å².